The molecule has 1 aromatic rings. The van der Waals surface area contributed by atoms with Crippen molar-refractivity contribution < 1.29 is 18.3 Å². The van der Waals surface area contributed by atoms with Gasteiger partial charge in [-0.15, -0.1) is 0 Å². The van der Waals surface area contributed by atoms with Crippen LogP contribution in [-0.2, 0) is 9.53 Å². The number of benzene rings is 1. The molecule has 0 aliphatic carbocycles. The van der Waals surface area contributed by atoms with Crippen LogP contribution < -0.4 is 5.73 Å². The van der Waals surface area contributed by atoms with Gasteiger partial charge in [0.2, 0.25) is 6.17 Å². The Hall–Kier alpha value is -1.01. The summed E-state index contributed by atoms with van der Waals surface area (Å²) in [6.07, 6.45) is -2.00. The lowest BCUT2D eigenvalue weighted by atomic mass is 10.0. The first-order valence-corrected chi connectivity index (χ1v) is 5.78. The zero-order chi connectivity index (χ0) is 13.0. The minimum atomic E-state index is -2.00. The van der Waals surface area contributed by atoms with Gasteiger partial charge in [0, 0.05) is 0 Å². The summed E-state index contributed by atoms with van der Waals surface area (Å²) in [5, 5.41) is 0. The van der Waals surface area contributed by atoms with Crippen LogP contribution in [0.4, 0.5) is 8.78 Å². The zero-order valence-electron chi connectivity index (χ0n) is 9.12. The van der Waals surface area contributed by atoms with E-state index < -0.39 is 24.0 Å². The average Bonchev–Trinajstić information content (AvgIpc) is 2.31. The van der Waals surface area contributed by atoms with E-state index in [0.717, 1.165) is 6.07 Å². The van der Waals surface area contributed by atoms with Crippen molar-refractivity contribution in [2.45, 2.75) is 19.1 Å². The summed E-state index contributed by atoms with van der Waals surface area (Å²) in [7, 11) is 0. The summed E-state index contributed by atoms with van der Waals surface area (Å²) in [5.74, 6) is -1.60. The van der Waals surface area contributed by atoms with Crippen LogP contribution in [0.5, 0.6) is 0 Å². The van der Waals surface area contributed by atoms with Crippen LogP contribution in [0.2, 0.25) is 0 Å². The fourth-order valence-electron chi connectivity index (χ4n) is 1.26. The lowest BCUT2D eigenvalue weighted by Crippen LogP contribution is -2.31. The summed E-state index contributed by atoms with van der Waals surface area (Å²) >= 11 is 2.97. The molecule has 0 amide bonds. The fraction of sp³-hybridized carbons (Fsp3) is 0.364. The first-order valence-electron chi connectivity index (χ1n) is 4.98. The monoisotopic (exact) mass is 307 g/mol. The maximum absolute atomic E-state index is 13.6. The van der Waals surface area contributed by atoms with Crippen LogP contribution in [0.25, 0.3) is 0 Å². The predicted octanol–water partition coefficient (Wildman–Crippen LogP) is 2.49. The highest BCUT2D eigenvalue weighted by atomic mass is 79.9. The van der Waals surface area contributed by atoms with Gasteiger partial charge in [-0.05, 0) is 40.5 Å². The molecule has 6 heteroatoms. The average molecular weight is 308 g/mol. The van der Waals surface area contributed by atoms with Gasteiger partial charge < -0.3 is 10.5 Å². The van der Waals surface area contributed by atoms with Crippen LogP contribution in [-0.4, -0.2) is 18.7 Å². The summed E-state index contributed by atoms with van der Waals surface area (Å²) in [4.78, 5) is 11.1. The highest BCUT2D eigenvalue weighted by molar-refractivity contribution is 9.10. The molecule has 0 saturated heterocycles. The Kier molecular flexibility index (Phi) is 5.02. The highest BCUT2D eigenvalue weighted by Gasteiger charge is 2.28. The van der Waals surface area contributed by atoms with Gasteiger partial charge in [-0.1, -0.05) is 6.07 Å². The minimum Gasteiger partial charge on any atom is -0.464 e. The highest BCUT2D eigenvalue weighted by Crippen LogP contribution is 2.23. The van der Waals surface area contributed by atoms with E-state index in [-0.39, 0.29) is 16.6 Å². The molecule has 0 radical (unpaired) electrons. The third-order valence-electron chi connectivity index (χ3n) is 2.16. The SMILES string of the molecule is CCOC(=O)C(F)[C@@H](N)c1ccc(Br)c(F)c1. The van der Waals surface area contributed by atoms with E-state index in [0.29, 0.717) is 0 Å². The van der Waals surface area contributed by atoms with E-state index in [9.17, 15) is 13.6 Å². The molecule has 0 aliphatic rings. The van der Waals surface area contributed by atoms with Crippen LogP contribution in [0.1, 0.15) is 18.5 Å². The zero-order valence-corrected chi connectivity index (χ0v) is 10.7. The second-order valence-corrected chi connectivity index (χ2v) is 4.21. The maximum atomic E-state index is 13.6. The van der Waals surface area contributed by atoms with E-state index in [1.165, 1.54) is 12.1 Å². The van der Waals surface area contributed by atoms with Gasteiger partial charge in [0.05, 0.1) is 17.1 Å². The molecule has 94 valence electrons. The van der Waals surface area contributed by atoms with Crippen molar-refractivity contribution in [3.8, 4) is 0 Å². The summed E-state index contributed by atoms with van der Waals surface area (Å²) < 4.78 is 31.5. The molecular formula is C11H12BrF2NO2. The quantitative estimate of drug-likeness (QED) is 0.870. The van der Waals surface area contributed by atoms with Crippen LogP contribution in [0.15, 0.2) is 22.7 Å². The van der Waals surface area contributed by atoms with Crippen LogP contribution in [0.3, 0.4) is 0 Å². The van der Waals surface area contributed by atoms with Gasteiger partial charge in [0.15, 0.2) is 0 Å². The molecule has 0 aliphatic heterocycles. The van der Waals surface area contributed by atoms with Crippen molar-refractivity contribution in [1.29, 1.82) is 0 Å². The van der Waals surface area contributed by atoms with Gasteiger partial charge in [0.25, 0.3) is 0 Å². The Balaban J connectivity index is 2.84. The minimum absolute atomic E-state index is 0.0701. The van der Waals surface area contributed by atoms with Gasteiger partial charge in [-0.25, -0.2) is 13.6 Å². The summed E-state index contributed by atoms with van der Waals surface area (Å²) in [5.41, 5.74) is 5.73. The fourth-order valence-corrected chi connectivity index (χ4v) is 1.50. The predicted molar refractivity (Wildman–Crippen MR) is 62.6 cm³/mol. The molecule has 17 heavy (non-hydrogen) atoms. The van der Waals surface area contributed by atoms with Gasteiger partial charge >= 0.3 is 5.97 Å². The van der Waals surface area contributed by atoms with Crippen molar-refractivity contribution in [3.05, 3.63) is 34.1 Å². The first kappa shape index (κ1) is 14.1. The van der Waals surface area contributed by atoms with E-state index >= 15 is 0 Å². The molecule has 0 saturated carbocycles. The van der Waals surface area contributed by atoms with Gasteiger partial charge in [-0.3, -0.25) is 0 Å². The Morgan fingerprint density at radius 1 is 1.59 bits per heavy atom. The van der Waals surface area contributed by atoms with E-state index in [1.807, 2.05) is 0 Å². The third kappa shape index (κ3) is 3.47. The Morgan fingerprint density at radius 2 is 2.24 bits per heavy atom. The van der Waals surface area contributed by atoms with Crippen molar-refractivity contribution in [3.63, 3.8) is 0 Å². The number of ether oxygens (including phenoxy) is 1. The number of carbonyl (C=O) groups is 1. The number of halogens is 3. The second kappa shape index (κ2) is 6.07. The Bertz CT molecular complexity index is 414. The molecule has 3 nitrogen and oxygen atoms in total. The van der Waals surface area contributed by atoms with E-state index in [4.69, 9.17) is 5.73 Å². The standard InChI is InChI=1S/C11H12BrF2NO2/c1-2-17-11(16)9(14)10(15)6-3-4-7(12)8(13)5-6/h3-5,9-10H,2,15H2,1H3/t9?,10-/m0/s1. The summed E-state index contributed by atoms with van der Waals surface area (Å²) in [6, 6.07) is 2.70. The first-order chi connectivity index (χ1) is 7.97. The summed E-state index contributed by atoms with van der Waals surface area (Å²) in [6.45, 7) is 1.64. The molecule has 0 fully saturated rings. The van der Waals surface area contributed by atoms with Crippen molar-refractivity contribution in [2.75, 3.05) is 6.61 Å². The lowest BCUT2D eigenvalue weighted by Gasteiger charge is -2.16. The molecule has 0 heterocycles. The van der Waals surface area contributed by atoms with E-state index in [2.05, 4.69) is 20.7 Å². The number of rotatable bonds is 4. The Labute approximate surface area is 106 Å². The number of nitrogens with two attached hydrogens (primary N) is 1. The maximum Gasteiger partial charge on any atom is 0.342 e. The number of carbonyl (C=O) groups excluding carboxylic acids is 1. The molecular weight excluding hydrogens is 296 g/mol. The van der Waals surface area contributed by atoms with Gasteiger partial charge in [0.1, 0.15) is 5.82 Å². The number of alkyl halides is 1. The molecule has 0 bridgehead atoms. The molecule has 1 unspecified atom stereocenters. The Morgan fingerprint density at radius 3 is 2.76 bits per heavy atom. The molecule has 2 N–H and O–H groups in total. The third-order valence-corrected chi connectivity index (χ3v) is 2.80. The van der Waals surface area contributed by atoms with Gasteiger partial charge in [-0.2, -0.15) is 0 Å². The smallest absolute Gasteiger partial charge is 0.342 e. The molecule has 1 rings (SSSR count). The largest absolute Gasteiger partial charge is 0.464 e. The van der Waals surface area contributed by atoms with Crippen LogP contribution >= 0.6 is 15.9 Å². The number of hydrogen-bond acceptors (Lipinski definition) is 3. The molecule has 2 atom stereocenters. The normalized spacial score (nSPS) is 14.2. The van der Waals surface area contributed by atoms with Crippen molar-refractivity contribution >= 4 is 21.9 Å². The lowest BCUT2D eigenvalue weighted by molar-refractivity contribution is -0.149. The number of hydrogen-bond donors (Lipinski definition) is 1. The number of esters is 1. The second-order valence-electron chi connectivity index (χ2n) is 3.35. The molecule has 0 spiro atoms. The van der Waals surface area contributed by atoms with E-state index in [1.54, 1.807) is 6.92 Å². The van der Waals surface area contributed by atoms with Crippen molar-refractivity contribution in [1.82, 2.24) is 0 Å². The topological polar surface area (TPSA) is 52.3 Å². The molecule has 0 aromatic heterocycles. The van der Waals surface area contributed by atoms with Crippen molar-refractivity contribution in [2.24, 2.45) is 5.73 Å². The molecule has 1 aromatic carbocycles. The van der Waals surface area contributed by atoms with Crippen LogP contribution in [0, 0.1) is 5.82 Å².